The molecule has 14 heteroatoms. The molecule has 56 heavy (non-hydrogen) atoms. The minimum atomic E-state index is -2.51. The molecule has 1 aromatic heterocycles. The zero-order valence-corrected chi connectivity index (χ0v) is 39.7. The Balaban J connectivity index is 1.75. The van der Waals surface area contributed by atoms with Crippen LogP contribution >= 0.6 is 0 Å². The summed E-state index contributed by atoms with van der Waals surface area (Å²) in [6.07, 6.45) is -2.78. The number of aliphatic hydroxyl groups is 1. The summed E-state index contributed by atoms with van der Waals surface area (Å²) in [5.41, 5.74) is 0.0303. The number of benzene rings is 2. The molecule has 0 amide bonds. The van der Waals surface area contributed by atoms with Gasteiger partial charge in [0, 0.05) is 6.20 Å². The first-order valence-electron chi connectivity index (χ1n) is 19.6. The third-order valence-electron chi connectivity index (χ3n) is 12.5. The van der Waals surface area contributed by atoms with Gasteiger partial charge in [-0.25, -0.2) is 4.79 Å². The lowest BCUT2D eigenvalue weighted by Crippen LogP contribution is -2.55. The molecule has 11 nitrogen and oxygen atoms in total. The van der Waals surface area contributed by atoms with E-state index in [4.69, 9.17) is 27.5 Å². The van der Waals surface area contributed by atoms with Crippen molar-refractivity contribution in [1.82, 2.24) is 9.55 Å². The maximum absolute atomic E-state index is 13.8. The highest BCUT2D eigenvalue weighted by Gasteiger charge is 2.55. The Bertz CT molecular complexity index is 1900. The highest BCUT2D eigenvalue weighted by molar-refractivity contribution is 6.75. The standard InChI is InChI=1S/C42H68N2O9Si3/c1-40(2,3)54(11,12)50-27-33-35(52-55(13,14)41(4,5)6)36(53-56(15,16)42(7,8)9)38(51-33)44-25-32(37(46)43-39(44)47)34(45)29-20-22-30(23-21-29)49-26-28-18-17-19-31(24-28)48-10/h17-25,33-36,38,45H,26-27H2,1-16H3,(H,43,46,47)/t33-,34?,35-,36-,38-/m1/s1. The van der Waals surface area contributed by atoms with Crippen molar-refractivity contribution in [2.75, 3.05) is 13.7 Å². The smallest absolute Gasteiger partial charge is 0.330 e. The molecule has 0 saturated carbocycles. The second-order valence-electron chi connectivity index (χ2n) is 19.7. The summed E-state index contributed by atoms with van der Waals surface area (Å²) in [7, 11) is -5.56. The zero-order chi connectivity index (χ0) is 42.2. The molecule has 1 aliphatic rings. The molecule has 0 radical (unpaired) electrons. The zero-order valence-electron chi connectivity index (χ0n) is 36.7. The molecule has 0 bridgehead atoms. The van der Waals surface area contributed by atoms with E-state index in [1.54, 1.807) is 31.4 Å². The van der Waals surface area contributed by atoms with Crippen LogP contribution in [0.2, 0.25) is 54.4 Å². The molecular formula is C42H68N2O9Si3. The maximum Gasteiger partial charge on any atom is 0.330 e. The van der Waals surface area contributed by atoms with Gasteiger partial charge < -0.3 is 32.6 Å². The molecule has 5 atom stereocenters. The van der Waals surface area contributed by atoms with Crippen molar-refractivity contribution < 1.29 is 32.6 Å². The lowest BCUT2D eigenvalue weighted by Gasteiger charge is -2.44. The lowest BCUT2D eigenvalue weighted by atomic mass is 10.0. The topological polar surface area (TPSA) is 130 Å². The number of aromatic nitrogens is 2. The van der Waals surface area contributed by atoms with Gasteiger partial charge in [-0.3, -0.25) is 14.3 Å². The molecule has 2 N–H and O–H groups in total. The fourth-order valence-electron chi connectivity index (χ4n) is 5.61. The first kappa shape index (κ1) is 45.9. The van der Waals surface area contributed by atoms with Crippen LogP contribution in [0.25, 0.3) is 0 Å². The minimum Gasteiger partial charge on any atom is -0.497 e. The van der Waals surface area contributed by atoms with Gasteiger partial charge in [0.1, 0.15) is 42.5 Å². The highest BCUT2D eigenvalue weighted by atomic mass is 28.4. The molecule has 4 rings (SSSR count). The van der Waals surface area contributed by atoms with E-state index in [-0.39, 0.29) is 27.3 Å². The molecular weight excluding hydrogens is 761 g/mol. The van der Waals surface area contributed by atoms with Crippen LogP contribution in [0.15, 0.2) is 64.3 Å². The Labute approximate surface area is 337 Å². The van der Waals surface area contributed by atoms with Gasteiger partial charge in [-0.05, 0) is 89.8 Å². The molecule has 3 aromatic rings. The third-order valence-corrected chi connectivity index (χ3v) is 25.9. The third kappa shape index (κ3) is 10.4. The van der Waals surface area contributed by atoms with Crippen LogP contribution < -0.4 is 20.7 Å². The van der Waals surface area contributed by atoms with Crippen molar-refractivity contribution in [3.8, 4) is 11.5 Å². The molecule has 0 aliphatic carbocycles. The number of aliphatic hydroxyl groups excluding tert-OH is 1. The first-order chi connectivity index (χ1) is 25.6. The number of H-pyrrole nitrogens is 1. The van der Waals surface area contributed by atoms with Crippen molar-refractivity contribution in [3.05, 3.63) is 92.3 Å². The van der Waals surface area contributed by atoms with E-state index in [1.807, 2.05) is 24.3 Å². The monoisotopic (exact) mass is 828 g/mol. The summed E-state index contributed by atoms with van der Waals surface area (Å²) in [6.45, 7) is 33.4. The predicted octanol–water partition coefficient (Wildman–Crippen LogP) is 8.91. The molecule has 312 valence electrons. The fourth-order valence-corrected chi connectivity index (χ4v) is 9.23. The number of hydrogen-bond donors (Lipinski definition) is 2. The number of nitrogens with zero attached hydrogens (tertiary/aromatic N) is 1. The van der Waals surface area contributed by atoms with Gasteiger partial charge in [0.25, 0.3) is 5.56 Å². The summed E-state index contributed by atoms with van der Waals surface area (Å²) < 4.78 is 40.7. The largest absolute Gasteiger partial charge is 0.497 e. The summed E-state index contributed by atoms with van der Waals surface area (Å²) in [5, 5.41) is 11.3. The normalized spacial score (nSPS) is 20.6. The van der Waals surface area contributed by atoms with Crippen LogP contribution in [0.3, 0.4) is 0 Å². The van der Waals surface area contributed by atoms with Gasteiger partial charge in [0.05, 0.1) is 19.3 Å². The summed E-state index contributed by atoms with van der Waals surface area (Å²) in [6, 6.07) is 14.5. The van der Waals surface area contributed by atoms with E-state index >= 15 is 0 Å². The summed E-state index contributed by atoms with van der Waals surface area (Å²) in [4.78, 5) is 29.7. The average Bonchev–Trinajstić information content (AvgIpc) is 3.39. The van der Waals surface area contributed by atoms with Crippen LogP contribution in [0.1, 0.15) is 91.3 Å². The number of aromatic amines is 1. The quantitative estimate of drug-likeness (QED) is 0.153. The van der Waals surface area contributed by atoms with E-state index in [2.05, 4.69) is 107 Å². The van der Waals surface area contributed by atoms with Gasteiger partial charge in [-0.2, -0.15) is 0 Å². The molecule has 2 heterocycles. The number of nitrogens with one attached hydrogen (secondary N) is 1. The SMILES string of the molecule is COc1cccc(COc2ccc(C(O)c3cn([C@@H]4O[C@H](CO[Si](C)(C)C(C)(C)C)[C@@H](O[Si](C)(C)C(C)(C)C)[C@H]4O[Si](C)(C)C(C)(C)C)c(=O)[nH]c3=O)cc2)c1. The number of ether oxygens (including phenoxy) is 3. The number of hydrogen-bond acceptors (Lipinski definition) is 9. The lowest BCUT2D eigenvalue weighted by molar-refractivity contribution is -0.0513. The van der Waals surface area contributed by atoms with Gasteiger partial charge in [0.15, 0.2) is 31.2 Å². The van der Waals surface area contributed by atoms with Crippen molar-refractivity contribution in [2.24, 2.45) is 0 Å². The molecule has 1 fully saturated rings. The van der Waals surface area contributed by atoms with Crippen molar-refractivity contribution in [2.45, 2.75) is 154 Å². The van der Waals surface area contributed by atoms with Crippen LogP contribution in [-0.2, 0) is 24.6 Å². The fraction of sp³-hybridized carbons (Fsp3) is 0.619. The van der Waals surface area contributed by atoms with E-state index < -0.39 is 66.8 Å². The van der Waals surface area contributed by atoms with Crippen LogP contribution in [0.5, 0.6) is 11.5 Å². The van der Waals surface area contributed by atoms with Gasteiger partial charge in [0.2, 0.25) is 0 Å². The predicted molar refractivity (Wildman–Crippen MR) is 230 cm³/mol. The minimum absolute atomic E-state index is 0.00726. The molecule has 0 spiro atoms. The molecule has 1 saturated heterocycles. The Morgan fingerprint density at radius 1 is 0.786 bits per heavy atom. The maximum atomic E-state index is 13.8. The highest BCUT2D eigenvalue weighted by Crippen LogP contribution is 2.46. The average molecular weight is 829 g/mol. The molecule has 1 unspecified atom stereocenters. The molecule has 1 aliphatic heterocycles. The molecule has 2 aromatic carbocycles. The second kappa shape index (κ2) is 16.8. The number of methoxy groups -OCH3 is 1. The van der Waals surface area contributed by atoms with Gasteiger partial charge >= 0.3 is 5.69 Å². The first-order valence-corrected chi connectivity index (χ1v) is 28.4. The summed E-state index contributed by atoms with van der Waals surface area (Å²) >= 11 is 0. The van der Waals surface area contributed by atoms with Crippen LogP contribution in [0.4, 0.5) is 0 Å². The van der Waals surface area contributed by atoms with Crippen molar-refractivity contribution in [1.29, 1.82) is 0 Å². The Morgan fingerprint density at radius 2 is 1.34 bits per heavy atom. The Kier molecular flexibility index (Phi) is 13.8. The van der Waals surface area contributed by atoms with E-state index in [0.717, 1.165) is 11.3 Å². The van der Waals surface area contributed by atoms with E-state index in [1.165, 1.54) is 10.8 Å². The Hall–Kier alpha value is -2.83. The van der Waals surface area contributed by atoms with Gasteiger partial charge in [-0.1, -0.05) is 86.6 Å². The number of rotatable bonds is 14. The van der Waals surface area contributed by atoms with Crippen LogP contribution in [0, 0.1) is 0 Å². The van der Waals surface area contributed by atoms with Crippen molar-refractivity contribution in [3.63, 3.8) is 0 Å². The van der Waals surface area contributed by atoms with E-state index in [9.17, 15) is 14.7 Å². The van der Waals surface area contributed by atoms with E-state index in [0.29, 0.717) is 17.9 Å². The van der Waals surface area contributed by atoms with Crippen molar-refractivity contribution >= 4 is 25.0 Å². The second-order valence-corrected chi connectivity index (χ2v) is 34.0. The summed E-state index contributed by atoms with van der Waals surface area (Å²) in [5.74, 6) is 1.33. The Morgan fingerprint density at radius 3 is 1.88 bits per heavy atom. The van der Waals surface area contributed by atoms with Crippen LogP contribution in [-0.4, -0.2) is 71.6 Å². The van der Waals surface area contributed by atoms with Gasteiger partial charge in [-0.15, -0.1) is 0 Å².